The standard InChI is InChI=1S/C17H24N4O/c1-3-9-18-17(22)19-15(2)14-20-10-12-21(13-11-20)16-7-5-4-6-8-16/h1,4-8,15H,9-14H2,2H3,(H2,18,19,22)/t15-/m0/s1. The van der Waals surface area contributed by atoms with E-state index < -0.39 is 0 Å². The second-order valence-corrected chi connectivity index (χ2v) is 5.56. The zero-order chi connectivity index (χ0) is 15.8. The second-order valence-electron chi connectivity index (χ2n) is 5.56. The lowest BCUT2D eigenvalue weighted by Crippen LogP contribution is -2.52. The van der Waals surface area contributed by atoms with Crippen molar-refractivity contribution in [2.45, 2.75) is 13.0 Å². The first-order chi connectivity index (χ1) is 10.7. The van der Waals surface area contributed by atoms with Gasteiger partial charge in [0, 0.05) is 44.5 Å². The molecule has 1 aliphatic rings. The van der Waals surface area contributed by atoms with Gasteiger partial charge in [0.15, 0.2) is 0 Å². The van der Waals surface area contributed by atoms with E-state index in [2.05, 4.69) is 50.6 Å². The topological polar surface area (TPSA) is 47.6 Å². The highest BCUT2D eigenvalue weighted by atomic mass is 16.2. The van der Waals surface area contributed by atoms with Crippen LogP contribution in [0.2, 0.25) is 0 Å². The van der Waals surface area contributed by atoms with Crippen LogP contribution in [-0.4, -0.2) is 56.2 Å². The van der Waals surface area contributed by atoms with Crippen molar-refractivity contribution in [3.8, 4) is 12.3 Å². The van der Waals surface area contributed by atoms with Crippen LogP contribution in [0.4, 0.5) is 10.5 Å². The predicted molar refractivity (Wildman–Crippen MR) is 89.9 cm³/mol. The Morgan fingerprint density at radius 2 is 1.95 bits per heavy atom. The molecule has 2 rings (SSSR count). The van der Waals surface area contributed by atoms with Crippen molar-refractivity contribution >= 4 is 11.7 Å². The first kappa shape index (κ1) is 16.2. The van der Waals surface area contributed by atoms with Gasteiger partial charge < -0.3 is 15.5 Å². The summed E-state index contributed by atoms with van der Waals surface area (Å²) in [5.41, 5.74) is 1.28. The van der Waals surface area contributed by atoms with E-state index in [-0.39, 0.29) is 18.6 Å². The van der Waals surface area contributed by atoms with E-state index >= 15 is 0 Å². The summed E-state index contributed by atoms with van der Waals surface area (Å²) in [5, 5.41) is 5.52. The highest BCUT2D eigenvalue weighted by Crippen LogP contribution is 2.15. The van der Waals surface area contributed by atoms with Gasteiger partial charge in [-0.25, -0.2) is 4.79 Å². The monoisotopic (exact) mass is 300 g/mol. The normalized spacial score (nSPS) is 16.6. The third-order valence-corrected chi connectivity index (χ3v) is 3.75. The number of carbonyl (C=O) groups is 1. The van der Waals surface area contributed by atoms with E-state index in [1.54, 1.807) is 0 Å². The number of para-hydroxylation sites is 1. The van der Waals surface area contributed by atoms with Crippen molar-refractivity contribution in [1.82, 2.24) is 15.5 Å². The van der Waals surface area contributed by atoms with Gasteiger partial charge in [0.25, 0.3) is 0 Å². The molecule has 2 amide bonds. The Hall–Kier alpha value is -2.19. The van der Waals surface area contributed by atoms with E-state index in [0.29, 0.717) is 0 Å². The molecule has 0 saturated carbocycles. The maximum Gasteiger partial charge on any atom is 0.315 e. The Morgan fingerprint density at radius 1 is 1.27 bits per heavy atom. The minimum atomic E-state index is -0.201. The van der Waals surface area contributed by atoms with Gasteiger partial charge >= 0.3 is 6.03 Å². The quantitative estimate of drug-likeness (QED) is 0.802. The van der Waals surface area contributed by atoms with Gasteiger partial charge in [-0.15, -0.1) is 6.42 Å². The lowest BCUT2D eigenvalue weighted by atomic mass is 10.2. The van der Waals surface area contributed by atoms with Crippen LogP contribution in [0.5, 0.6) is 0 Å². The Bertz CT molecular complexity index is 503. The number of carbonyl (C=O) groups excluding carboxylic acids is 1. The Balaban J connectivity index is 1.71. The number of nitrogens with one attached hydrogen (secondary N) is 2. The highest BCUT2D eigenvalue weighted by Gasteiger charge is 2.19. The van der Waals surface area contributed by atoms with E-state index in [1.807, 2.05) is 13.0 Å². The van der Waals surface area contributed by atoms with Crippen LogP contribution in [-0.2, 0) is 0 Å². The summed E-state index contributed by atoms with van der Waals surface area (Å²) >= 11 is 0. The molecule has 0 unspecified atom stereocenters. The van der Waals surface area contributed by atoms with Crippen molar-refractivity contribution in [3.63, 3.8) is 0 Å². The average Bonchev–Trinajstić information content (AvgIpc) is 2.54. The largest absolute Gasteiger partial charge is 0.369 e. The first-order valence-electron chi connectivity index (χ1n) is 7.69. The van der Waals surface area contributed by atoms with Crippen LogP contribution in [0.3, 0.4) is 0 Å². The lowest BCUT2D eigenvalue weighted by molar-refractivity contribution is 0.218. The molecular formula is C17H24N4O. The predicted octanol–water partition coefficient (Wildman–Crippen LogP) is 1.13. The van der Waals surface area contributed by atoms with Gasteiger partial charge in [0.1, 0.15) is 0 Å². The number of amides is 2. The number of nitrogens with zero attached hydrogens (tertiary/aromatic N) is 2. The molecule has 0 spiro atoms. The summed E-state index contributed by atoms with van der Waals surface area (Å²) < 4.78 is 0. The smallest absolute Gasteiger partial charge is 0.315 e. The molecule has 0 aliphatic carbocycles. The number of hydrogen-bond acceptors (Lipinski definition) is 3. The molecule has 1 aliphatic heterocycles. The molecule has 1 saturated heterocycles. The van der Waals surface area contributed by atoms with Crippen LogP contribution >= 0.6 is 0 Å². The molecule has 1 aromatic carbocycles. The van der Waals surface area contributed by atoms with Gasteiger partial charge in [-0.3, -0.25) is 4.90 Å². The minimum absolute atomic E-state index is 0.0982. The summed E-state index contributed by atoms with van der Waals surface area (Å²) in [6.45, 7) is 7.17. The molecule has 2 N–H and O–H groups in total. The summed E-state index contributed by atoms with van der Waals surface area (Å²) in [4.78, 5) is 16.3. The summed E-state index contributed by atoms with van der Waals surface area (Å²) in [7, 11) is 0. The highest BCUT2D eigenvalue weighted by molar-refractivity contribution is 5.74. The third-order valence-electron chi connectivity index (χ3n) is 3.75. The van der Waals surface area contributed by atoms with Crippen molar-refractivity contribution in [2.75, 3.05) is 44.2 Å². The lowest BCUT2D eigenvalue weighted by Gasteiger charge is -2.37. The van der Waals surface area contributed by atoms with E-state index in [1.165, 1.54) is 5.69 Å². The number of anilines is 1. The van der Waals surface area contributed by atoms with E-state index in [0.717, 1.165) is 32.7 Å². The zero-order valence-electron chi connectivity index (χ0n) is 13.1. The van der Waals surface area contributed by atoms with Crippen LogP contribution < -0.4 is 15.5 Å². The molecule has 5 heteroatoms. The van der Waals surface area contributed by atoms with Crippen molar-refractivity contribution < 1.29 is 4.79 Å². The number of benzene rings is 1. The van der Waals surface area contributed by atoms with Gasteiger partial charge in [-0.1, -0.05) is 24.1 Å². The molecule has 0 bridgehead atoms. The minimum Gasteiger partial charge on any atom is -0.369 e. The molecule has 1 atom stereocenters. The van der Waals surface area contributed by atoms with Gasteiger partial charge in [-0.2, -0.15) is 0 Å². The molecule has 22 heavy (non-hydrogen) atoms. The molecular weight excluding hydrogens is 276 g/mol. The van der Waals surface area contributed by atoms with Gasteiger partial charge in [-0.05, 0) is 19.1 Å². The molecule has 118 valence electrons. The van der Waals surface area contributed by atoms with Crippen molar-refractivity contribution in [2.24, 2.45) is 0 Å². The van der Waals surface area contributed by atoms with Gasteiger partial charge in [0.05, 0.1) is 6.54 Å². The molecule has 5 nitrogen and oxygen atoms in total. The number of urea groups is 1. The number of piperazine rings is 1. The fourth-order valence-corrected chi connectivity index (χ4v) is 2.67. The number of rotatable bonds is 5. The summed E-state index contributed by atoms with van der Waals surface area (Å²) in [6, 6.07) is 10.4. The molecule has 0 radical (unpaired) electrons. The third kappa shape index (κ3) is 4.97. The average molecular weight is 300 g/mol. The number of terminal acetylenes is 1. The Labute approximate surface area is 132 Å². The number of hydrogen-bond donors (Lipinski definition) is 2. The molecule has 0 aromatic heterocycles. The molecule has 1 heterocycles. The van der Waals surface area contributed by atoms with Crippen LogP contribution in [0.25, 0.3) is 0 Å². The first-order valence-corrected chi connectivity index (χ1v) is 7.69. The second kappa shape index (κ2) is 8.30. The Morgan fingerprint density at radius 3 is 2.59 bits per heavy atom. The van der Waals surface area contributed by atoms with Crippen LogP contribution in [0.1, 0.15) is 6.92 Å². The molecule has 1 fully saturated rings. The zero-order valence-corrected chi connectivity index (χ0v) is 13.1. The Kier molecular flexibility index (Phi) is 6.11. The van der Waals surface area contributed by atoms with E-state index in [9.17, 15) is 4.79 Å². The van der Waals surface area contributed by atoms with Crippen LogP contribution in [0.15, 0.2) is 30.3 Å². The summed E-state index contributed by atoms with van der Waals surface area (Å²) in [6.07, 6.45) is 5.11. The maximum absolute atomic E-state index is 11.5. The summed E-state index contributed by atoms with van der Waals surface area (Å²) in [5.74, 6) is 2.39. The van der Waals surface area contributed by atoms with Gasteiger partial charge in [0.2, 0.25) is 0 Å². The van der Waals surface area contributed by atoms with Crippen molar-refractivity contribution in [3.05, 3.63) is 30.3 Å². The SMILES string of the molecule is C#CCNC(=O)N[C@@H](C)CN1CCN(c2ccccc2)CC1. The van der Waals surface area contributed by atoms with Crippen LogP contribution in [0, 0.1) is 12.3 Å². The molecule has 1 aromatic rings. The fraction of sp³-hybridized carbons (Fsp3) is 0.471. The fourth-order valence-electron chi connectivity index (χ4n) is 2.67. The maximum atomic E-state index is 11.5. The van der Waals surface area contributed by atoms with E-state index in [4.69, 9.17) is 6.42 Å². The van der Waals surface area contributed by atoms with Crippen molar-refractivity contribution in [1.29, 1.82) is 0 Å².